The number of hydrogen-bond donors (Lipinski definition) is 1. The molecular weight excluding hydrogens is 194 g/mol. The summed E-state index contributed by atoms with van der Waals surface area (Å²) in [6.45, 7) is 1.93. The molecule has 0 unspecified atom stereocenters. The molecule has 0 saturated carbocycles. The van der Waals surface area contributed by atoms with Gasteiger partial charge in [0.2, 0.25) is 0 Å². The van der Waals surface area contributed by atoms with Gasteiger partial charge in [0.15, 0.2) is 0 Å². The number of nitrogens with zero attached hydrogens (tertiary/aromatic N) is 1. The summed E-state index contributed by atoms with van der Waals surface area (Å²) in [5, 5.41) is 16.6. The Kier molecular flexibility index (Phi) is 80.8. The van der Waals surface area contributed by atoms with Gasteiger partial charge in [0.05, 0.1) is 0 Å². The van der Waals surface area contributed by atoms with Gasteiger partial charge in [-0.1, -0.05) is 0 Å². The van der Waals surface area contributed by atoms with Crippen molar-refractivity contribution in [1.29, 1.82) is 0 Å². The fraction of sp³-hybridized carbons (Fsp3) is 1.00. The molecule has 48 valence electrons. The first-order valence-corrected chi connectivity index (χ1v) is 1.39. The van der Waals surface area contributed by atoms with Crippen molar-refractivity contribution in [2.24, 2.45) is 5.34 Å². The van der Waals surface area contributed by atoms with Crippen molar-refractivity contribution in [3.05, 3.63) is 10.1 Å². The van der Waals surface area contributed by atoms with Crippen LogP contribution in [-0.4, -0.2) is 11.7 Å². The zero-order valence-electron chi connectivity index (χ0n) is 3.72. The smallest absolute Gasteiger partial charge is 0.444 e. The van der Waals surface area contributed by atoms with Crippen LogP contribution in [0.15, 0.2) is 5.34 Å². The summed E-state index contributed by atoms with van der Waals surface area (Å²) in [7, 11) is 0. The molecule has 0 rings (SSSR count). The molecule has 0 radical (unpaired) electrons. The van der Waals surface area contributed by atoms with Gasteiger partial charge in [-0.25, -0.2) is 0 Å². The molecule has 0 bridgehead atoms. The van der Waals surface area contributed by atoms with Gasteiger partial charge in [-0.3, -0.25) is 0 Å². The second kappa shape index (κ2) is 36.0. The quantitative estimate of drug-likeness (QED) is 0.346. The Hall–Kier alpha value is 0.100. The van der Waals surface area contributed by atoms with Crippen LogP contribution >= 0.6 is 0 Å². The zero-order valence-corrected chi connectivity index (χ0v) is 5.20. The Morgan fingerprint density at radius 1 is 1.86 bits per heavy atom. The van der Waals surface area contributed by atoms with E-state index in [1.54, 1.807) is 6.92 Å². The summed E-state index contributed by atoms with van der Waals surface area (Å²) in [5.41, 5.74) is 0. The van der Waals surface area contributed by atoms with Gasteiger partial charge in [-0.05, 0) is 6.92 Å². The van der Waals surface area contributed by atoms with Gasteiger partial charge in [-0.2, -0.15) is 0 Å². The monoisotopic (exact) mass is 199 g/mol. The van der Waals surface area contributed by atoms with E-state index in [4.69, 9.17) is 15.2 Å². The van der Waals surface area contributed by atoms with E-state index in [0.29, 0.717) is 0 Å². The Morgan fingerprint density at radius 3 is 1.86 bits per heavy atom. The van der Waals surface area contributed by atoms with E-state index in [1.807, 2.05) is 0 Å². The molecule has 0 heterocycles. The van der Waals surface area contributed by atoms with Crippen LogP contribution < -0.4 is 0 Å². The van der Waals surface area contributed by atoms with E-state index in [1.165, 1.54) is 0 Å². The van der Waals surface area contributed by atoms with Gasteiger partial charge in [0.1, 0.15) is 0 Å². The first-order valence-electron chi connectivity index (χ1n) is 1.39. The van der Waals surface area contributed by atoms with Gasteiger partial charge < -0.3 is 15.2 Å². The molecule has 7 heavy (non-hydrogen) atoms. The van der Waals surface area contributed by atoms with Crippen LogP contribution in [0.5, 0.6) is 0 Å². The van der Waals surface area contributed by atoms with Crippen molar-refractivity contribution in [3.8, 4) is 0 Å². The van der Waals surface area contributed by atoms with E-state index in [0.717, 1.165) is 5.34 Å². The third kappa shape index (κ3) is 10200. The fourth-order valence-corrected chi connectivity index (χ4v) is 0. The van der Waals surface area contributed by atoms with Crippen LogP contribution in [0, 0.1) is 10.1 Å². The van der Waals surface area contributed by atoms with E-state index in [2.05, 4.69) is 0 Å². The van der Waals surface area contributed by atoms with Crippen molar-refractivity contribution in [1.82, 2.24) is 0 Å². The zero-order chi connectivity index (χ0) is 5.41. The van der Waals surface area contributed by atoms with E-state index < -0.39 is 0 Å². The first-order chi connectivity index (χ1) is 2.83. The average Bonchev–Trinajstić information content (AvgIpc) is 1.39. The molecule has 0 atom stereocenters. The maximum Gasteiger partial charge on any atom is 1.00 e. The molecule has 0 aliphatic carbocycles. The second-order valence-corrected chi connectivity index (χ2v) is 0.391. The van der Waals surface area contributed by atoms with Crippen molar-refractivity contribution in [2.75, 3.05) is 6.61 Å². The van der Waals surface area contributed by atoms with Crippen LogP contribution in [0.3, 0.4) is 0 Å². The molecule has 4 nitrogen and oxygen atoms in total. The molecular formula is C2H6AgNO3. The summed E-state index contributed by atoms with van der Waals surface area (Å²) < 4.78 is 0. The number of aliphatic hydroxyl groups is 1. The summed E-state index contributed by atoms with van der Waals surface area (Å²) in [6, 6.07) is 0. The first kappa shape index (κ1) is 15.7. The maximum absolute atomic E-state index is 8.00. The summed E-state index contributed by atoms with van der Waals surface area (Å²) in [5.74, 6) is 0. The molecule has 0 saturated heterocycles. The minimum Gasteiger partial charge on any atom is -0.444 e. The maximum atomic E-state index is 8.00. The van der Waals surface area contributed by atoms with Crippen molar-refractivity contribution < 1.29 is 27.5 Å². The molecule has 0 spiro atoms. The molecule has 0 aliphatic heterocycles. The van der Waals surface area contributed by atoms with Gasteiger partial charge in [0, 0.05) is 6.61 Å². The Morgan fingerprint density at radius 2 is 1.86 bits per heavy atom. The molecule has 0 aliphatic rings. The molecule has 1 N–H and O–H groups in total. The normalized spacial score (nSPS) is 4.29. The van der Waals surface area contributed by atoms with Gasteiger partial charge in [0.25, 0.3) is 0 Å². The molecule has 0 aromatic carbocycles. The minimum absolute atomic E-state index is 0. The van der Waals surface area contributed by atoms with Crippen molar-refractivity contribution in [2.45, 2.75) is 6.92 Å². The van der Waals surface area contributed by atoms with E-state index in [9.17, 15) is 0 Å². The van der Waals surface area contributed by atoms with Crippen molar-refractivity contribution >= 4 is 0 Å². The Bertz CT molecular complexity index is 26.9. The minimum atomic E-state index is 0. The SMILES string of the molecule is CCO.O=N[O-].[Ag+]. The van der Waals surface area contributed by atoms with Gasteiger partial charge >= 0.3 is 22.4 Å². The fourth-order valence-electron chi connectivity index (χ4n) is 0. The van der Waals surface area contributed by atoms with Crippen LogP contribution in [0.2, 0.25) is 0 Å². The third-order valence-corrected chi connectivity index (χ3v) is 0. The Balaban J connectivity index is -0.0000000400. The number of aliphatic hydroxyl groups excluding tert-OH is 1. The molecule has 5 heteroatoms. The van der Waals surface area contributed by atoms with Crippen LogP contribution in [0.4, 0.5) is 0 Å². The molecule has 0 aromatic rings. The molecule has 0 fully saturated rings. The second-order valence-electron chi connectivity index (χ2n) is 0.391. The molecule has 0 aromatic heterocycles. The molecule has 0 amide bonds. The van der Waals surface area contributed by atoms with Crippen LogP contribution in [-0.2, 0) is 22.4 Å². The number of rotatable bonds is 0. The van der Waals surface area contributed by atoms with E-state index in [-0.39, 0.29) is 29.0 Å². The van der Waals surface area contributed by atoms with E-state index >= 15 is 0 Å². The predicted octanol–water partition coefficient (Wildman–Crippen LogP) is 0.247. The predicted molar refractivity (Wildman–Crippen MR) is 21.9 cm³/mol. The summed E-state index contributed by atoms with van der Waals surface area (Å²) >= 11 is 0. The third-order valence-electron chi connectivity index (χ3n) is 0. The largest absolute Gasteiger partial charge is 1.00 e. The topological polar surface area (TPSA) is 72.7 Å². The average molecular weight is 200 g/mol. The summed E-state index contributed by atoms with van der Waals surface area (Å²) in [4.78, 5) is 8.00. The standard InChI is InChI=1S/C2H6O.Ag.HNO2/c1-2-3;;2-1-3/h3H,2H2,1H3;;(H,2,3)/q;+1;/p-1. The Labute approximate surface area is 57.0 Å². The van der Waals surface area contributed by atoms with Crippen LogP contribution in [0.1, 0.15) is 6.92 Å². The van der Waals surface area contributed by atoms with Crippen molar-refractivity contribution in [3.63, 3.8) is 0 Å². The van der Waals surface area contributed by atoms with Gasteiger partial charge in [-0.15, -0.1) is 5.34 Å². The number of hydrogen-bond acceptors (Lipinski definition) is 4. The van der Waals surface area contributed by atoms with Crippen LogP contribution in [0.25, 0.3) is 0 Å². The summed E-state index contributed by atoms with van der Waals surface area (Å²) in [6.07, 6.45) is 0.